The molecule has 1 aliphatic heterocycles. The van der Waals surface area contributed by atoms with Crippen molar-refractivity contribution < 1.29 is 38.3 Å². The Morgan fingerprint density at radius 1 is 1.38 bits per heavy atom. The number of aliphatic hydroxyl groups is 1. The van der Waals surface area contributed by atoms with Crippen LogP contribution in [0.1, 0.15) is 13.3 Å². The van der Waals surface area contributed by atoms with Crippen LogP contribution >= 0.6 is 0 Å². The molecule has 0 saturated carbocycles. The molecule has 0 radical (unpaired) electrons. The Hall–Kier alpha value is 0.610. The van der Waals surface area contributed by atoms with E-state index in [1.54, 1.807) is 0 Å². The van der Waals surface area contributed by atoms with Gasteiger partial charge < -0.3 is 38.3 Å². The second kappa shape index (κ2) is 4.91. The van der Waals surface area contributed by atoms with E-state index in [0.29, 0.717) is 0 Å². The first-order valence-corrected chi connectivity index (χ1v) is 4.52. The van der Waals surface area contributed by atoms with Gasteiger partial charge in [-0.1, -0.05) is 0 Å². The summed E-state index contributed by atoms with van der Waals surface area (Å²) in [5.74, 6) is 0. The lowest BCUT2D eigenvalue weighted by Crippen LogP contribution is -3.00. The highest BCUT2D eigenvalue weighted by Crippen LogP contribution is 2.21. The zero-order chi connectivity index (χ0) is 9.35. The van der Waals surface area contributed by atoms with Crippen LogP contribution < -0.4 is 24.0 Å². The first-order valence-electron chi connectivity index (χ1n) is 4.52. The maximum absolute atomic E-state index is 9.43. The standard InChI is InChI=1S/C9H20NO2.HI/c1-7-9(11)5-8(12-7)6-10(2,3)4;/h7-9,11H,5-6H2,1-4H3;1H/q+1;/p-1/t7-,8-,9-;/m0./s1. The summed E-state index contributed by atoms with van der Waals surface area (Å²) in [7, 11) is 6.41. The smallest absolute Gasteiger partial charge is 0.109 e. The number of aliphatic hydroxyl groups excluding tert-OH is 1. The SMILES string of the molecule is C[C@@H]1O[C@H](C[N+](C)(C)C)C[C@@H]1O.[I-]. The van der Waals surface area contributed by atoms with Crippen LogP contribution in [0.25, 0.3) is 0 Å². The van der Waals surface area contributed by atoms with Crippen molar-refractivity contribution in [3.05, 3.63) is 0 Å². The average Bonchev–Trinajstić information content (AvgIpc) is 2.07. The van der Waals surface area contributed by atoms with Crippen molar-refractivity contribution >= 4 is 0 Å². The first-order chi connectivity index (χ1) is 5.38. The Morgan fingerprint density at radius 2 is 1.92 bits per heavy atom. The molecule has 1 heterocycles. The highest BCUT2D eigenvalue weighted by atomic mass is 127. The van der Waals surface area contributed by atoms with Crippen molar-refractivity contribution in [2.75, 3.05) is 27.7 Å². The molecule has 0 bridgehead atoms. The number of likely N-dealkylation sites (N-methyl/N-ethyl adjacent to an activating group) is 1. The van der Waals surface area contributed by atoms with E-state index in [-0.39, 0.29) is 42.3 Å². The Labute approximate surface area is 97.7 Å². The number of halogens is 1. The molecule has 0 aromatic heterocycles. The van der Waals surface area contributed by atoms with Crippen molar-refractivity contribution in [1.29, 1.82) is 0 Å². The summed E-state index contributed by atoms with van der Waals surface area (Å²) >= 11 is 0. The first kappa shape index (κ1) is 13.6. The van der Waals surface area contributed by atoms with E-state index < -0.39 is 0 Å². The van der Waals surface area contributed by atoms with Gasteiger partial charge in [-0.2, -0.15) is 0 Å². The number of ether oxygens (including phenoxy) is 1. The van der Waals surface area contributed by atoms with Crippen LogP contribution in [0.15, 0.2) is 0 Å². The third-order valence-corrected chi connectivity index (χ3v) is 2.20. The molecule has 0 aliphatic carbocycles. The van der Waals surface area contributed by atoms with Gasteiger partial charge in [0.25, 0.3) is 0 Å². The van der Waals surface area contributed by atoms with Crippen LogP contribution in [0.3, 0.4) is 0 Å². The van der Waals surface area contributed by atoms with Gasteiger partial charge in [0.2, 0.25) is 0 Å². The molecule has 13 heavy (non-hydrogen) atoms. The fourth-order valence-corrected chi connectivity index (χ4v) is 1.64. The van der Waals surface area contributed by atoms with E-state index in [1.807, 2.05) is 6.92 Å². The molecule has 1 rings (SSSR count). The van der Waals surface area contributed by atoms with Crippen molar-refractivity contribution in [1.82, 2.24) is 0 Å². The second-order valence-electron chi connectivity index (χ2n) is 4.74. The Bertz CT molecular complexity index is 148. The number of hydrogen-bond acceptors (Lipinski definition) is 2. The number of nitrogens with zero attached hydrogens (tertiary/aromatic N) is 1. The molecule has 1 saturated heterocycles. The molecule has 1 aliphatic rings. The fraction of sp³-hybridized carbons (Fsp3) is 1.00. The molecule has 0 spiro atoms. The van der Waals surface area contributed by atoms with Crippen LogP contribution in [0.4, 0.5) is 0 Å². The van der Waals surface area contributed by atoms with Crippen LogP contribution in [0, 0.1) is 0 Å². The summed E-state index contributed by atoms with van der Waals surface area (Å²) in [5.41, 5.74) is 0. The topological polar surface area (TPSA) is 29.5 Å². The van der Waals surface area contributed by atoms with E-state index >= 15 is 0 Å². The highest BCUT2D eigenvalue weighted by molar-refractivity contribution is 4.78. The van der Waals surface area contributed by atoms with Crippen molar-refractivity contribution in [3.8, 4) is 0 Å². The minimum atomic E-state index is -0.262. The van der Waals surface area contributed by atoms with Gasteiger partial charge in [-0.15, -0.1) is 0 Å². The number of quaternary nitrogens is 1. The van der Waals surface area contributed by atoms with Gasteiger partial charge in [0.15, 0.2) is 0 Å². The van der Waals surface area contributed by atoms with E-state index in [1.165, 1.54) is 0 Å². The molecule has 3 nitrogen and oxygen atoms in total. The van der Waals surface area contributed by atoms with Crippen LogP contribution in [-0.4, -0.2) is 55.6 Å². The van der Waals surface area contributed by atoms with Gasteiger partial charge in [0.1, 0.15) is 12.6 Å². The Balaban J connectivity index is 0.00000144. The zero-order valence-corrected chi connectivity index (χ0v) is 11.0. The lowest BCUT2D eigenvalue weighted by Gasteiger charge is -2.26. The van der Waals surface area contributed by atoms with Gasteiger partial charge in [0, 0.05) is 6.42 Å². The van der Waals surface area contributed by atoms with E-state index in [9.17, 15) is 5.11 Å². The number of hydrogen-bond donors (Lipinski definition) is 1. The fourth-order valence-electron chi connectivity index (χ4n) is 1.64. The van der Waals surface area contributed by atoms with E-state index in [0.717, 1.165) is 17.4 Å². The molecule has 0 amide bonds. The Kier molecular flexibility index (Phi) is 5.14. The largest absolute Gasteiger partial charge is 1.00 e. The maximum atomic E-state index is 9.43. The summed E-state index contributed by atoms with van der Waals surface area (Å²) in [5, 5.41) is 9.43. The molecule has 3 atom stereocenters. The molecular formula is C9H20INO2. The highest BCUT2D eigenvalue weighted by Gasteiger charge is 2.33. The molecule has 0 aromatic carbocycles. The van der Waals surface area contributed by atoms with Gasteiger partial charge in [-0.25, -0.2) is 0 Å². The molecule has 0 aromatic rings. The van der Waals surface area contributed by atoms with Crippen LogP contribution in [-0.2, 0) is 4.74 Å². The molecule has 80 valence electrons. The van der Waals surface area contributed by atoms with Gasteiger partial charge in [-0.05, 0) is 6.92 Å². The molecule has 0 unspecified atom stereocenters. The van der Waals surface area contributed by atoms with Gasteiger partial charge in [-0.3, -0.25) is 0 Å². The third-order valence-electron chi connectivity index (χ3n) is 2.20. The van der Waals surface area contributed by atoms with Crippen molar-refractivity contribution in [2.45, 2.75) is 31.7 Å². The zero-order valence-electron chi connectivity index (χ0n) is 8.83. The van der Waals surface area contributed by atoms with Crippen LogP contribution in [0.2, 0.25) is 0 Å². The molecular weight excluding hydrogens is 281 g/mol. The third kappa shape index (κ3) is 4.58. The van der Waals surface area contributed by atoms with E-state index in [2.05, 4.69) is 21.1 Å². The summed E-state index contributed by atoms with van der Waals surface area (Å²) in [6.45, 7) is 2.90. The molecule has 1 fully saturated rings. The normalized spacial score (nSPS) is 34.4. The quantitative estimate of drug-likeness (QED) is 0.442. The van der Waals surface area contributed by atoms with Gasteiger partial charge in [0.05, 0.1) is 33.4 Å². The van der Waals surface area contributed by atoms with Crippen molar-refractivity contribution in [3.63, 3.8) is 0 Å². The molecule has 4 heteroatoms. The maximum Gasteiger partial charge on any atom is 0.109 e. The Morgan fingerprint density at radius 3 is 2.23 bits per heavy atom. The van der Waals surface area contributed by atoms with E-state index in [4.69, 9.17) is 4.74 Å². The predicted octanol–water partition coefficient (Wildman–Crippen LogP) is -2.77. The predicted molar refractivity (Wildman–Crippen MR) is 47.9 cm³/mol. The summed E-state index contributed by atoms with van der Waals surface area (Å²) < 4.78 is 6.48. The number of rotatable bonds is 2. The monoisotopic (exact) mass is 301 g/mol. The minimum Gasteiger partial charge on any atom is -1.00 e. The lowest BCUT2D eigenvalue weighted by molar-refractivity contribution is -0.873. The second-order valence-corrected chi connectivity index (χ2v) is 4.74. The van der Waals surface area contributed by atoms with Crippen LogP contribution in [0.5, 0.6) is 0 Å². The summed E-state index contributed by atoms with van der Waals surface area (Å²) in [4.78, 5) is 0. The average molecular weight is 301 g/mol. The van der Waals surface area contributed by atoms with Gasteiger partial charge >= 0.3 is 0 Å². The summed E-state index contributed by atoms with van der Waals surface area (Å²) in [6, 6.07) is 0. The summed E-state index contributed by atoms with van der Waals surface area (Å²) in [6.07, 6.45) is 0.773. The lowest BCUT2D eigenvalue weighted by atomic mass is 10.1. The molecule has 1 N–H and O–H groups in total. The van der Waals surface area contributed by atoms with Crippen molar-refractivity contribution in [2.24, 2.45) is 0 Å². The minimum absolute atomic E-state index is 0.